The number of hydrogen-bond acceptors (Lipinski definition) is 7. The maximum absolute atomic E-state index is 5.53. The zero-order valence-corrected chi connectivity index (χ0v) is 15.9. The molecule has 0 bridgehead atoms. The molecule has 140 valence electrons. The molecule has 0 aliphatic carbocycles. The summed E-state index contributed by atoms with van der Waals surface area (Å²) in [6.07, 6.45) is 3.71. The normalized spacial score (nSPS) is 17.5. The minimum Gasteiger partial charge on any atom is -0.377 e. The first-order valence-electron chi connectivity index (χ1n) is 9.31. The third kappa shape index (κ3) is 3.83. The third-order valence-electron chi connectivity index (χ3n) is 4.82. The molecular formula is C20H24N6O. The monoisotopic (exact) mass is 364 g/mol. The average molecular weight is 364 g/mol. The van der Waals surface area contributed by atoms with E-state index in [2.05, 4.69) is 52.2 Å². The molecule has 3 aromatic heterocycles. The first-order chi connectivity index (χ1) is 13.1. The molecule has 1 N–H and O–H groups in total. The van der Waals surface area contributed by atoms with Gasteiger partial charge in [0.25, 0.3) is 0 Å². The Morgan fingerprint density at radius 2 is 2.04 bits per heavy atom. The second kappa shape index (κ2) is 7.44. The fourth-order valence-corrected chi connectivity index (χ4v) is 3.22. The molecule has 27 heavy (non-hydrogen) atoms. The lowest BCUT2D eigenvalue weighted by atomic mass is 10.1. The van der Waals surface area contributed by atoms with Crippen molar-refractivity contribution in [3.8, 4) is 0 Å². The number of anilines is 3. The average Bonchev–Trinajstić information content (AvgIpc) is 2.68. The Morgan fingerprint density at radius 3 is 2.85 bits per heavy atom. The van der Waals surface area contributed by atoms with Crippen molar-refractivity contribution < 1.29 is 4.74 Å². The Balaban J connectivity index is 1.62. The van der Waals surface area contributed by atoms with Gasteiger partial charge in [-0.2, -0.15) is 5.10 Å². The molecule has 1 atom stereocenters. The van der Waals surface area contributed by atoms with Crippen LogP contribution in [0.1, 0.15) is 32.3 Å². The Labute approximate surface area is 158 Å². The summed E-state index contributed by atoms with van der Waals surface area (Å²) in [5, 5.41) is 11.5. The standard InChI is InChI=1S/C20H24N6O/c1-13(2)15-8-20(25-22-10-15)24-19-5-4-17-18(23-19)9-16(11-21-17)26-6-7-27-12-14(26)3/h4-5,8-11,13-14H,6-7,12H2,1-3H3,(H,23,24,25)/t14-/m0/s1. The topological polar surface area (TPSA) is 76.1 Å². The highest BCUT2D eigenvalue weighted by Crippen LogP contribution is 2.24. The molecule has 4 heterocycles. The van der Waals surface area contributed by atoms with E-state index in [1.54, 1.807) is 6.20 Å². The van der Waals surface area contributed by atoms with E-state index >= 15 is 0 Å². The number of nitrogens with zero attached hydrogens (tertiary/aromatic N) is 5. The lowest BCUT2D eigenvalue weighted by molar-refractivity contribution is 0.0989. The summed E-state index contributed by atoms with van der Waals surface area (Å²) < 4.78 is 5.53. The van der Waals surface area contributed by atoms with Crippen molar-refractivity contribution in [1.82, 2.24) is 20.2 Å². The summed E-state index contributed by atoms with van der Waals surface area (Å²) in [5.74, 6) is 1.82. The highest BCUT2D eigenvalue weighted by molar-refractivity contribution is 5.80. The van der Waals surface area contributed by atoms with Crippen LogP contribution in [-0.2, 0) is 4.74 Å². The van der Waals surface area contributed by atoms with Crippen LogP contribution in [0.3, 0.4) is 0 Å². The van der Waals surface area contributed by atoms with Gasteiger partial charge in [0, 0.05) is 12.6 Å². The van der Waals surface area contributed by atoms with Crippen LogP contribution in [0.2, 0.25) is 0 Å². The molecule has 0 aromatic carbocycles. The van der Waals surface area contributed by atoms with Crippen LogP contribution in [0, 0.1) is 0 Å². The van der Waals surface area contributed by atoms with Gasteiger partial charge in [-0.3, -0.25) is 4.98 Å². The second-order valence-corrected chi connectivity index (χ2v) is 7.20. The third-order valence-corrected chi connectivity index (χ3v) is 4.82. The van der Waals surface area contributed by atoms with Crippen molar-refractivity contribution in [2.75, 3.05) is 30.0 Å². The summed E-state index contributed by atoms with van der Waals surface area (Å²) in [6.45, 7) is 8.77. The van der Waals surface area contributed by atoms with Crippen molar-refractivity contribution >= 4 is 28.4 Å². The van der Waals surface area contributed by atoms with Gasteiger partial charge in [-0.15, -0.1) is 5.10 Å². The van der Waals surface area contributed by atoms with Crippen molar-refractivity contribution in [3.63, 3.8) is 0 Å². The van der Waals surface area contributed by atoms with Crippen LogP contribution in [0.4, 0.5) is 17.3 Å². The van der Waals surface area contributed by atoms with Gasteiger partial charge in [-0.1, -0.05) is 13.8 Å². The molecule has 0 radical (unpaired) electrons. The van der Waals surface area contributed by atoms with Gasteiger partial charge >= 0.3 is 0 Å². The van der Waals surface area contributed by atoms with Crippen molar-refractivity contribution in [1.29, 1.82) is 0 Å². The maximum Gasteiger partial charge on any atom is 0.154 e. The zero-order valence-electron chi connectivity index (χ0n) is 15.9. The highest BCUT2D eigenvalue weighted by Gasteiger charge is 2.19. The summed E-state index contributed by atoms with van der Waals surface area (Å²) in [6, 6.07) is 8.31. The number of hydrogen-bond donors (Lipinski definition) is 1. The molecule has 3 aromatic rings. The van der Waals surface area contributed by atoms with Crippen LogP contribution in [-0.4, -0.2) is 46.0 Å². The zero-order chi connectivity index (χ0) is 18.8. The highest BCUT2D eigenvalue weighted by atomic mass is 16.5. The molecule has 1 aliphatic heterocycles. The first kappa shape index (κ1) is 17.6. The van der Waals surface area contributed by atoms with E-state index in [0.717, 1.165) is 47.9 Å². The summed E-state index contributed by atoms with van der Waals surface area (Å²) in [5.41, 5.74) is 3.93. The molecule has 0 saturated carbocycles. The maximum atomic E-state index is 5.53. The molecule has 4 rings (SSSR count). The SMILES string of the molecule is CC(C)c1cnnc(Nc2ccc3ncc(N4CCOC[C@@H]4C)cc3n2)c1. The van der Waals surface area contributed by atoms with E-state index in [0.29, 0.717) is 17.8 Å². The van der Waals surface area contributed by atoms with Gasteiger partial charge in [0.05, 0.1) is 42.3 Å². The number of pyridine rings is 2. The predicted molar refractivity (Wildman–Crippen MR) is 107 cm³/mol. The van der Waals surface area contributed by atoms with Crippen molar-refractivity contribution in [2.24, 2.45) is 0 Å². The molecule has 1 fully saturated rings. The lowest BCUT2D eigenvalue weighted by Crippen LogP contribution is -2.43. The quantitative estimate of drug-likeness (QED) is 0.759. The molecule has 7 nitrogen and oxygen atoms in total. The predicted octanol–water partition coefficient (Wildman–Crippen LogP) is 3.51. The van der Waals surface area contributed by atoms with E-state index in [4.69, 9.17) is 9.72 Å². The molecule has 1 aliphatic rings. The number of morpholine rings is 1. The minimum atomic E-state index is 0.327. The molecule has 7 heteroatoms. The Hall–Kier alpha value is -2.80. The van der Waals surface area contributed by atoms with Crippen LogP contribution in [0.25, 0.3) is 11.0 Å². The molecular weight excluding hydrogens is 340 g/mol. The molecule has 0 amide bonds. The fraction of sp³-hybridized carbons (Fsp3) is 0.400. The van der Waals surface area contributed by atoms with Crippen LogP contribution in [0.5, 0.6) is 0 Å². The van der Waals surface area contributed by atoms with Crippen LogP contribution < -0.4 is 10.2 Å². The Morgan fingerprint density at radius 1 is 1.15 bits per heavy atom. The van der Waals surface area contributed by atoms with Gasteiger partial charge in [-0.05, 0) is 42.7 Å². The van der Waals surface area contributed by atoms with Crippen molar-refractivity contribution in [2.45, 2.75) is 32.7 Å². The van der Waals surface area contributed by atoms with Gasteiger partial charge in [0.1, 0.15) is 5.82 Å². The number of fused-ring (bicyclic) bond motifs is 1. The first-order valence-corrected chi connectivity index (χ1v) is 9.31. The van der Waals surface area contributed by atoms with E-state index in [1.165, 1.54) is 0 Å². The van der Waals surface area contributed by atoms with Crippen LogP contribution in [0.15, 0.2) is 36.7 Å². The Kier molecular flexibility index (Phi) is 4.85. The molecule has 1 saturated heterocycles. The van der Waals surface area contributed by atoms with Gasteiger partial charge in [0.15, 0.2) is 5.82 Å². The number of aromatic nitrogens is 4. The largest absolute Gasteiger partial charge is 0.377 e. The smallest absolute Gasteiger partial charge is 0.154 e. The fourth-order valence-electron chi connectivity index (χ4n) is 3.22. The number of nitrogens with one attached hydrogen (secondary N) is 1. The lowest BCUT2D eigenvalue weighted by Gasteiger charge is -2.35. The summed E-state index contributed by atoms with van der Waals surface area (Å²) in [7, 11) is 0. The second-order valence-electron chi connectivity index (χ2n) is 7.20. The van der Waals surface area contributed by atoms with Crippen LogP contribution >= 0.6 is 0 Å². The van der Waals surface area contributed by atoms with Gasteiger partial charge in [-0.25, -0.2) is 4.98 Å². The number of rotatable bonds is 4. The summed E-state index contributed by atoms with van der Waals surface area (Å²) in [4.78, 5) is 11.6. The summed E-state index contributed by atoms with van der Waals surface area (Å²) >= 11 is 0. The molecule has 0 spiro atoms. The minimum absolute atomic E-state index is 0.327. The van der Waals surface area contributed by atoms with E-state index in [9.17, 15) is 0 Å². The number of ether oxygens (including phenoxy) is 1. The van der Waals surface area contributed by atoms with Gasteiger partial charge < -0.3 is 15.0 Å². The van der Waals surface area contributed by atoms with E-state index in [1.807, 2.05) is 24.4 Å². The van der Waals surface area contributed by atoms with Gasteiger partial charge in [0.2, 0.25) is 0 Å². The van der Waals surface area contributed by atoms with E-state index < -0.39 is 0 Å². The van der Waals surface area contributed by atoms with E-state index in [-0.39, 0.29) is 0 Å². The van der Waals surface area contributed by atoms with Crippen molar-refractivity contribution in [3.05, 3.63) is 42.2 Å². The molecule has 0 unspecified atom stereocenters. The Bertz CT molecular complexity index is 945.